The summed E-state index contributed by atoms with van der Waals surface area (Å²) in [6.07, 6.45) is 5.92. The van der Waals surface area contributed by atoms with Gasteiger partial charge in [0.05, 0.1) is 27.9 Å². The SMILES string of the molecule is CC(C)[C@H](CC(=O)OC(C)(C)C)C(=O)n1cc(CC(=O)c2c(Cl)cccc2Cl)c(C(=O)NC2CCCCC2)n1. The molecule has 1 heterocycles. The molecule has 8 nitrogen and oxygen atoms in total. The second-order valence-electron chi connectivity index (χ2n) is 11.4. The number of aromatic nitrogens is 2. The highest BCUT2D eigenvalue weighted by atomic mass is 35.5. The number of ether oxygens (including phenoxy) is 1. The highest BCUT2D eigenvalue weighted by Crippen LogP contribution is 2.27. The Morgan fingerprint density at radius 3 is 2.26 bits per heavy atom. The average molecular weight is 579 g/mol. The van der Waals surface area contributed by atoms with Gasteiger partial charge in [-0.1, -0.05) is 62.4 Å². The number of halogens is 2. The van der Waals surface area contributed by atoms with Crippen LogP contribution in [-0.4, -0.2) is 45.0 Å². The van der Waals surface area contributed by atoms with E-state index < -0.39 is 35.1 Å². The number of ketones is 1. The molecule has 0 aliphatic heterocycles. The fraction of sp³-hybridized carbons (Fsp3) is 0.552. The molecule has 0 bridgehead atoms. The summed E-state index contributed by atoms with van der Waals surface area (Å²) in [5.41, 5.74) is -0.281. The van der Waals surface area contributed by atoms with Crippen LogP contribution in [0.2, 0.25) is 10.0 Å². The van der Waals surface area contributed by atoms with Crippen LogP contribution in [0.1, 0.15) is 104 Å². The molecule has 10 heteroatoms. The Bertz CT molecular complexity index is 1210. The highest BCUT2D eigenvalue weighted by molar-refractivity contribution is 6.39. The lowest BCUT2D eigenvalue weighted by molar-refractivity contribution is -0.156. The summed E-state index contributed by atoms with van der Waals surface area (Å²) in [5.74, 6) is -2.76. The maximum absolute atomic E-state index is 13.6. The van der Waals surface area contributed by atoms with Crippen molar-refractivity contribution in [1.29, 1.82) is 0 Å². The fourth-order valence-corrected chi connectivity index (χ4v) is 5.32. The molecule has 212 valence electrons. The van der Waals surface area contributed by atoms with Gasteiger partial charge in [0.15, 0.2) is 11.5 Å². The maximum Gasteiger partial charge on any atom is 0.307 e. The average Bonchev–Trinajstić information content (AvgIpc) is 3.25. The standard InChI is InChI=1S/C29H37Cl2N3O5/c1-17(2)20(15-24(36)39-29(3,4)5)28(38)34-16-18(14-23(35)25-21(30)12-9-13-22(25)31)26(33-34)27(37)32-19-10-7-6-8-11-19/h9,12-13,16-17,19-20H,6-8,10-11,14-15H2,1-5H3,(H,32,37)/t20-/m0/s1. The lowest BCUT2D eigenvalue weighted by Crippen LogP contribution is -2.37. The molecule has 1 N–H and O–H groups in total. The van der Waals surface area contributed by atoms with E-state index in [9.17, 15) is 19.2 Å². The second kappa shape index (κ2) is 13.1. The van der Waals surface area contributed by atoms with E-state index in [0.717, 1.165) is 36.8 Å². The summed E-state index contributed by atoms with van der Waals surface area (Å²) < 4.78 is 6.50. The van der Waals surface area contributed by atoms with Gasteiger partial charge in [0.1, 0.15) is 5.60 Å². The summed E-state index contributed by atoms with van der Waals surface area (Å²) >= 11 is 12.5. The summed E-state index contributed by atoms with van der Waals surface area (Å²) in [6.45, 7) is 8.94. The molecule has 1 aliphatic rings. The largest absolute Gasteiger partial charge is 0.460 e. The minimum absolute atomic E-state index is 0.00393. The van der Waals surface area contributed by atoms with E-state index >= 15 is 0 Å². The van der Waals surface area contributed by atoms with Crippen molar-refractivity contribution in [3.63, 3.8) is 0 Å². The molecule has 2 aromatic rings. The Kier molecular flexibility index (Phi) is 10.4. The highest BCUT2D eigenvalue weighted by Gasteiger charge is 2.32. The van der Waals surface area contributed by atoms with Crippen molar-refractivity contribution in [2.75, 3.05) is 0 Å². The number of hydrogen-bond acceptors (Lipinski definition) is 6. The second-order valence-corrected chi connectivity index (χ2v) is 12.2. The van der Waals surface area contributed by atoms with Crippen LogP contribution in [0.3, 0.4) is 0 Å². The first kappa shape index (κ1) is 30.8. The lowest BCUT2D eigenvalue weighted by atomic mass is 9.91. The zero-order valence-corrected chi connectivity index (χ0v) is 24.7. The molecule has 1 aromatic carbocycles. The molecule has 3 rings (SSSR count). The third-order valence-electron chi connectivity index (χ3n) is 6.69. The van der Waals surface area contributed by atoms with Crippen LogP contribution in [0.15, 0.2) is 24.4 Å². The van der Waals surface area contributed by atoms with Gasteiger partial charge in [-0.15, -0.1) is 0 Å². The van der Waals surface area contributed by atoms with E-state index in [1.165, 1.54) is 6.20 Å². The molecule has 0 saturated heterocycles. The normalized spacial score (nSPS) is 15.2. The van der Waals surface area contributed by atoms with Gasteiger partial charge >= 0.3 is 5.97 Å². The number of benzene rings is 1. The van der Waals surface area contributed by atoms with Crippen molar-refractivity contribution >= 4 is 46.8 Å². The number of nitrogens with one attached hydrogen (secondary N) is 1. The summed E-state index contributed by atoms with van der Waals surface area (Å²) in [5, 5.41) is 7.74. The van der Waals surface area contributed by atoms with Crippen molar-refractivity contribution in [3.05, 3.63) is 51.3 Å². The van der Waals surface area contributed by atoms with Crippen molar-refractivity contribution in [1.82, 2.24) is 15.1 Å². The molecule has 0 spiro atoms. The molecule has 39 heavy (non-hydrogen) atoms. The van der Waals surface area contributed by atoms with Crippen LogP contribution in [0.4, 0.5) is 0 Å². The zero-order valence-electron chi connectivity index (χ0n) is 23.2. The zero-order chi connectivity index (χ0) is 28.9. The van der Waals surface area contributed by atoms with E-state index in [1.807, 2.05) is 13.8 Å². The molecular formula is C29H37Cl2N3O5. The fourth-order valence-electron chi connectivity index (χ4n) is 4.71. The number of hydrogen-bond donors (Lipinski definition) is 1. The molecule has 1 saturated carbocycles. The number of esters is 1. The Hall–Kier alpha value is -2.71. The quantitative estimate of drug-likeness (QED) is 0.276. The Morgan fingerprint density at radius 2 is 1.69 bits per heavy atom. The Balaban J connectivity index is 1.93. The van der Waals surface area contributed by atoms with Gasteiger partial charge in [-0.05, 0) is 51.7 Å². The van der Waals surface area contributed by atoms with Crippen LogP contribution >= 0.6 is 23.2 Å². The minimum Gasteiger partial charge on any atom is -0.460 e. The van der Waals surface area contributed by atoms with Gasteiger partial charge in [0.25, 0.3) is 11.8 Å². The topological polar surface area (TPSA) is 107 Å². The van der Waals surface area contributed by atoms with Gasteiger partial charge < -0.3 is 10.1 Å². The van der Waals surface area contributed by atoms with E-state index in [4.69, 9.17) is 27.9 Å². The van der Waals surface area contributed by atoms with Crippen molar-refractivity contribution in [3.8, 4) is 0 Å². The lowest BCUT2D eigenvalue weighted by Gasteiger charge is -2.23. The molecule has 1 atom stereocenters. The predicted molar refractivity (Wildman–Crippen MR) is 150 cm³/mol. The van der Waals surface area contributed by atoms with E-state index in [-0.39, 0.29) is 51.7 Å². The number of amides is 1. The van der Waals surface area contributed by atoms with E-state index in [1.54, 1.807) is 39.0 Å². The first-order valence-electron chi connectivity index (χ1n) is 13.4. The van der Waals surface area contributed by atoms with Gasteiger partial charge in [-0.25, -0.2) is 4.68 Å². The van der Waals surface area contributed by atoms with Crippen LogP contribution in [-0.2, 0) is 16.0 Å². The molecule has 1 aromatic heterocycles. The van der Waals surface area contributed by atoms with E-state index in [2.05, 4.69) is 10.4 Å². The first-order valence-corrected chi connectivity index (χ1v) is 14.1. The third kappa shape index (κ3) is 8.39. The summed E-state index contributed by atoms with van der Waals surface area (Å²) in [4.78, 5) is 52.7. The smallest absolute Gasteiger partial charge is 0.307 e. The minimum atomic E-state index is -0.740. The summed E-state index contributed by atoms with van der Waals surface area (Å²) in [7, 11) is 0. The number of rotatable bonds is 9. The Morgan fingerprint density at radius 1 is 1.08 bits per heavy atom. The van der Waals surface area contributed by atoms with Crippen LogP contribution < -0.4 is 5.32 Å². The van der Waals surface area contributed by atoms with Crippen molar-refractivity contribution in [2.45, 2.75) is 91.2 Å². The summed E-state index contributed by atoms with van der Waals surface area (Å²) in [6, 6.07) is 4.77. The molecule has 0 unspecified atom stereocenters. The Labute approximate surface area is 239 Å². The van der Waals surface area contributed by atoms with Crippen LogP contribution in [0.25, 0.3) is 0 Å². The molecule has 1 fully saturated rings. The molecule has 1 amide bonds. The monoisotopic (exact) mass is 577 g/mol. The van der Waals surface area contributed by atoms with Gasteiger partial charge in [-0.3, -0.25) is 19.2 Å². The third-order valence-corrected chi connectivity index (χ3v) is 7.32. The van der Waals surface area contributed by atoms with Gasteiger partial charge in [-0.2, -0.15) is 5.10 Å². The van der Waals surface area contributed by atoms with Gasteiger partial charge in [0.2, 0.25) is 0 Å². The van der Waals surface area contributed by atoms with Crippen molar-refractivity contribution in [2.24, 2.45) is 11.8 Å². The maximum atomic E-state index is 13.6. The predicted octanol–water partition coefficient (Wildman–Crippen LogP) is 6.32. The number of carbonyl (C=O) groups excluding carboxylic acids is 4. The van der Waals surface area contributed by atoms with Gasteiger partial charge in [0, 0.05) is 24.2 Å². The molecule has 1 aliphatic carbocycles. The number of Topliss-reactive ketones (excluding diaryl/α,β-unsaturated/α-hetero) is 1. The van der Waals surface area contributed by atoms with E-state index in [0.29, 0.717) is 0 Å². The number of nitrogens with zero attached hydrogens (tertiary/aromatic N) is 2. The number of carbonyl (C=O) groups is 4. The molecule has 0 radical (unpaired) electrons. The van der Waals surface area contributed by atoms with Crippen molar-refractivity contribution < 1.29 is 23.9 Å². The van der Waals surface area contributed by atoms with Crippen LogP contribution in [0.5, 0.6) is 0 Å². The first-order chi connectivity index (χ1) is 18.3. The van der Waals surface area contributed by atoms with Crippen LogP contribution in [0, 0.1) is 11.8 Å². The molecular weight excluding hydrogens is 541 g/mol.